The van der Waals surface area contributed by atoms with Gasteiger partial charge in [-0.05, 0) is 47.1 Å². The minimum atomic E-state index is 0. The average Bonchev–Trinajstić information content (AvgIpc) is 3.06. The zero-order chi connectivity index (χ0) is 12.7. The molecule has 0 fully saturated rings. The molecule has 2 aliphatic rings. The summed E-state index contributed by atoms with van der Waals surface area (Å²) in [6.45, 7) is 0. The van der Waals surface area contributed by atoms with E-state index in [0.717, 1.165) is 19.3 Å². The molecule has 0 heterocycles. The molecule has 0 amide bonds. The van der Waals surface area contributed by atoms with Gasteiger partial charge in [0.2, 0.25) is 0 Å². The van der Waals surface area contributed by atoms with Crippen LogP contribution < -0.4 is 37.2 Å². The molecule has 23 heavy (non-hydrogen) atoms. The summed E-state index contributed by atoms with van der Waals surface area (Å²) in [5.41, 5.74) is 8.92. The van der Waals surface area contributed by atoms with Crippen molar-refractivity contribution in [3.05, 3.63) is 83.0 Å². The van der Waals surface area contributed by atoms with Crippen molar-refractivity contribution in [1.82, 2.24) is 0 Å². The molecule has 0 saturated heterocycles. The molecule has 0 aromatic heterocycles. The Labute approximate surface area is 175 Å². The van der Waals surface area contributed by atoms with Crippen molar-refractivity contribution >= 4 is 0 Å². The van der Waals surface area contributed by atoms with Crippen molar-refractivity contribution in [2.75, 3.05) is 0 Å². The van der Waals surface area contributed by atoms with Gasteiger partial charge >= 0.3 is 26.2 Å². The van der Waals surface area contributed by atoms with Gasteiger partial charge in [0.1, 0.15) is 0 Å². The molecule has 0 saturated carbocycles. The molecular formula is C19H16Cl3Zr. The Hall–Kier alpha value is -0.327. The van der Waals surface area contributed by atoms with Gasteiger partial charge in [-0.1, -0.05) is 66.3 Å². The van der Waals surface area contributed by atoms with Gasteiger partial charge in [0, 0.05) is 0 Å². The van der Waals surface area contributed by atoms with E-state index in [0.29, 0.717) is 0 Å². The van der Waals surface area contributed by atoms with Crippen LogP contribution in [0.3, 0.4) is 0 Å². The standard InChI is InChI=1S/C19H16.3ClH.Zr/c1-2-7-14(6-1)12-15-9-5-11-18-17-10-4-3-8-16(17)13-19(15)18;;;;/h1-6,8-11H,7,12-13H2;3*1H;/q;;;;+3/p-3. The third-order valence-corrected chi connectivity index (χ3v) is 4.21. The van der Waals surface area contributed by atoms with E-state index in [1.165, 1.54) is 33.4 Å². The van der Waals surface area contributed by atoms with Crippen LogP contribution in [0, 0.1) is 0 Å². The van der Waals surface area contributed by atoms with Crippen LogP contribution in [0.2, 0.25) is 0 Å². The smallest absolute Gasteiger partial charge is 1.00 e. The summed E-state index contributed by atoms with van der Waals surface area (Å²) in [5, 5.41) is 0. The molecule has 0 aliphatic heterocycles. The fourth-order valence-electron chi connectivity index (χ4n) is 3.26. The zero-order valence-electron chi connectivity index (χ0n) is 12.5. The van der Waals surface area contributed by atoms with Gasteiger partial charge in [-0.15, -0.1) is 0 Å². The van der Waals surface area contributed by atoms with Crippen LogP contribution in [0.4, 0.5) is 0 Å². The van der Waals surface area contributed by atoms with E-state index in [1.54, 1.807) is 0 Å². The zero-order valence-corrected chi connectivity index (χ0v) is 17.3. The molecule has 0 nitrogen and oxygen atoms in total. The SMILES string of the molecule is C1=CCC(Cc2cccc3c2Cc2ccccc2-3)=C1.[Cl-].[Cl-].[Cl-].[Zr+3]. The Morgan fingerprint density at radius 3 is 2.30 bits per heavy atom. The first-order chi connectivity index (χ1) is 9.42. The van der Waals surface area contributed by atoms with Gasteiger partial charge < -0.3 is 37.2 Å². The minimum absolute atomic E-state index is 0. The van der Waals surface area contributed by atoms with Gasteiger partial charge in [0.15, 0.2) is 0 Å². The van der Waals surface area contributed by atoms with E-state index < -0.39 is 0 Å². The van der Waals surface area contributed by atoms with Gasteiger partial charge in [-0.2, -0.15) is 0 Å². The number of allylic oxidation sites excluding steroid dienone is 4. The Morgan fingerprint density at radius 1 is 0.826 bits per heavy atom. The number of benzene rings is 2. The molecule has 2 aliphatic carbocycles. The first-order valence-electron chi connectivity index (χ1n) is 6.95. The van der Waals surface area contributed by atoms with E-state index in [1.807, 2.05) is 0 Å². The first-order valence-corrected chi connectivity index (χ1v) is 6.95. The molecule has 4 heteroatoms. The summed E-state index contributed by atoms with van der Waals surface area (Å²) in [5.74, 6) is 0. The van der Waals surface area contributed by atoms with Gasteiger partial charge in [-0.25, -0.2) is 0 Å². The molecule has 117 valence electrons. The average molecular weight is 442 g/mol. The number of rotatable bonds is 2. The summed E-state index contributed by atoms with van der Waals surface area (Å²) in [4.78, 5) is 0. The number of hydrogen-bond acceptors (Lipinski definition) is 0. The normalized spacial score (nSPS) is 12.6. The summed E-state index contributed by atoms with van der Waals surface area (Å²) < 4.78 is 0. The maximum Gasteiger partial charge on any atom is 3.00 e. The Morgan fingerprint density at radius 2 is 1.57 bits per heavy atom. The molecule has 4 rings (SSSR count). The van der Waals surface area contributed by atoms with E-state index in [-0.39, 0.29) is 63.4 Å². The quantitative estimate of drug-likeness (QED) is 0.377. The second kappa shape index (κ2) is 9.85. The van der Waals surface area contributed by atoms with Crippen LogP contribution in [0.5, 0.6) is 0 Å². The largest absolute Gasteiger partial charge is 3.00 e. The van der Waals surface area contributed by atoms with Crippen molar-refractivity contribution in [1.29, 1.82) is 0 Å². The van der Waals surface area contributed by atoms with Crippen molar-refractivity contribution in [2.45, 2.75) is 19.3 Å². The Bertz CT molecular complexity index is 720. The van der Waals surface area contributed by atoms with E-state index >= 15 is 0 Å². The second-order valence-corrected chi connectivity index (χ2v) is 5.41. The molecule has 1 radical (unpaired) electrons. The van der Waals surface area contributed by atoms with Gasteiger partial charge in [0.25, 0.3) is 0 Å². The van der Waals surface area contributed by atoms with Crippen molar-refractivity contribution < 1.29 is 63.4 Å². The summed E-state index contributed by atoms with van der Waals surface area (Å²) in [7, 11) is 0. The molecule has 0 bridgehead atoms. The van der Waals surface area contributed by atoms with Gasteiger partial charge in [-0.3, -0.25) is 0 Å². The molecular weight excluding hydrogens is 426 g/mol. The second-order valence-electron chi connectivity index (χ2n) is 5.41. The van der Waals surface area contributed by atoms with E-state index in [2.05, 4.69) is 60.7 Å². The number of halogens is 3. The summed E-state index contributed by atoms with van der Waals surface area (Å²) >= 11 is 0. The van der Waals surface area contributed by atoms with Crippen LogP contribution >= 0.6 is 0 Å². The van der Waals surface area contributed by atoms with Crippen molar-refractivity contribution in [3.63, 3.8) is 0 Å². The van der Waals surface area contributed by atoms with Crippen LogP contribution in [-0.2, 0) is 39.0 Å². The first kappa shape index (κ1) is 22.7. The fourth-order valence-corrected chi connectivity index (χ4v) is 3.26. The molecule has 0 N–H and O–H groups in total. The summed E-state index contributed by atoms with van der Waals surface area (Å²) in [6.07, 6.45) is 10.0. The molecule has 0 atom stereocenters. The third-order valence-electron chi connectivity index (χ3n) is 4.21. The number of fused-ring (bicyclic) bond motifs is 3. The third kappa shape index (κ3) is 4.40. The minimum Gasteiger partial charge on any atom is -1.00 e. The predicted octanol–water partition coefficient (Wildman–Crippen LogP) is -4.30. The molecule has 0 unspecified atom stereocenters. The van der Waals surface area contributed by atoms with E-state index in [9.17, 15) is 0 Å². The van der Waals surface area contributed by atoms with Crippen molar-refractivity contribution in [3.8, 4) is 11.1 Å². The number of hydrogen-bond donors (Lipinski definition) is 0. The van der Waals surface area contributed by atoms with Crippen LogP contribution in [0.1, 0.15) is 23.1 Å². The maximum atomic E-state index is 2.30. The maximum absolute atomic E-state index is 2.30. The predicted molar refractivity (Wildman–Crippen MR) is 80.2 cm³/mol. The Balaban J connectivity index is 0.00000121. The van der Waals surface area contributed by atoms with Gasteiger partial charge in [0.05, 0.1) is 0 Å². The van der Waals surface area contributed by atoms with Crippen LogP contribution in [-0.4, -0.2) is 0 Å². The molecule has 2 aromatic carbocycles. The van der Waals surface area contributed by atoms with E-state index in [4.69, 9.17) is 0 Å². The Kier molecular flexibility index (Phi) is 9.71. The fraction of sp³-hybridized carbons (Fsp3) is 0.158. The van der Waals surface area contributed by atoms with Crippen molar-refractivity contribution in [2.24, 2.45) is 0 Å². The topological polar surface area (TPSA) is 0 Å². The molecule has 0 spiro atoms. The van der Waals surface area contributed by atoms with Crippen LogP contribution in [0.25, 0.3) is 11.1 Å². The summed E-state index contributed by atoms with van der Waals surface area (Å²) in [6, 6.07) is 15.6. The molecule has 2 aromatic rings. The van der Waals surface area contributed by atoms with Crippen LogP contribution in [0.15, 0.2) is 66.3 Å². The monoisotopic (exact) mass is 439 g/mol.